The highest BCUT2D eigenvalue weighted by Gasteiger charge is 2.31. The van der Waals surface area contributed by atoms with Gasteiger partial charge in [0.2, 0.25) is 0 Å². The monoisotopic (exact) mass is 1350 g/mol. The molecule has 0 saturated heterocycles. The molecule has 11 nitrogen and oxygen atoms in total. The minimum absolute atomic E-state index is 0.0366. The number of anilines is 1. The minimum atomic E-state index is -0.0443. The Hall–Kier alpha value is -8.88. The fraction of sp³-hybridized carbons (Fsp3) is 0.438. The first-order chi connectivity index (χ1) is 48.3. The van der Waals surface area contributed by atoms with E-state index in [-0.39, 0.29) is 28.1 Å². The van der Waals surface area contributed by atoms with Crippen molar-refractivity contribution in [2.45, 2.75) is 232 Å². The first-order valence-corrected chi connectivity index (χ1v) is 37.7. The van der Waals surface area contributed by atoms with Gasteiger partial charge in [-0.1, -0.05) is 225 Å². The average Bonchev–Trinajstić information content (AvgIpc) is 0.820. The van der Waals surface area contributed by atoms with E-state index in [1.807, 2.05) is 189 Å². The quantitative estimate of drug-likeness (QED) is 0.134. The molecule has 4 aliphatic carbocycles. The van der Waals surface area contributed by atoms with Crippen LogP contribution in [0.5, 0.6) is 0 Å². The van der Waals surface area contributed by atoms with Gasteiger partial charge in [-0.3, -0.25) is 19.4 Å². The summed E-state index contributed by atoms with van der Waals surface area (Å²) in [6.07, 6.45) is 22.9. The van der Waals surface area contributed by atoms with Crippen molar-refractivity contribution in [2.24, 2.45) is 23.7 Å². The van der Waals surface area contributed by atoms with Crippen molar-refractivity contribution in [2.75, 3.05) is 5.32 Å². The zero-order valence-electron chi connectivity index (χ0n) is 63.6. The number of benzene rings is 5. The Kier molecular flexibility index (Phi) is 31.9. The zero-order chi connectivity index (χ0) is 73.1. The number of H-pyrrole nitrogens is 3. The molecule has 0 unspecified atom stereocenters. The predicted molar refractivity (Wildman–Crippen MR) is 426 cm³/mol. The number of nitriles is 1. The molecule has 2 atom stereocenters. The van der Waals surface area contributed by atoms with Gasteiger partial charge >= 0.3 is 6.03 Å². The Morgan fingerprint density at radius 3 is 1.38 bits per heavy atom. The van der Waals surface area contributed by atoms with E-state index < -0.39 is 0 Å². The van der Waals surface area contributed by atoms with Crippen LogP contribution in [0, 0.1) is 48.9 Å². The zero-order valence-corrected chi connectivity index (χ0v) is 63.6. The smallest absolute Gasteiger partial charge is 0.321 e. The number of aromatic amines is 3. The van der Waals surface area contributed by atoms with E-state index in [4.69, 9.17) is 5.26 Å². The number of nitrogens with one attached hydrogen (secondary N) is 4. The molecule has 0 bridgehead atoms. The SMILES string of the molecule is CC.CC.CC.CC.CC(C)(C)c1ccc(-c2cc3ccccc3[nH]c2=O)cc1.C[C@@H]1CC=C(c2cc3ccccc3[nH]c2=O)CC1.C[C@H]1CC=C(c2cc3ccccc3[nH]c2=O)CC1.Cc1ccc2c(c1)CN(C1CCC(C)CC1)C(=O)N2.Cc1ncc(C2CCC(C)CC2)cc1C#N. The van der Waals surface area contributed by atoms with Crippen molar-refractivity contribution in [1.29, 1.82) is 5.26 Å². The largest absolute Gasteiger partial charge is 0.322 e. The Morgan fingerprint density at radius 2 is 0.940 bits per heavy atom. The normalized spacial score (nSPS) is 19.0. The van der Waals surface area contributed by atoms with Crippen molar-refractivity contribution in [3.63, 3.8) is 0 Å². The number of aromatic nitrogens is 4. The summed E-state index contributed by atoms with van der Waals surface area (Å²) in [4.78, 5) is 64.0. The molecule has 5 aliphatic rings. The van der Waals surface area contributed by atoms with E-state index >= 15 is 0 Å². The fourth-order valence-corrected chi connectivity index (χ4v) is 13.4. The fourth-order valence-electron chi connectivity index (χ4n) is 13.4. The van der Waals surface area contributed by atoms with Gasteiger partial charge in [-0.25, -0.2) is 4.79 Å². The first-order valence-electron chi connectivity index (χ1n) is 37.7. The van der Waals surface area contributed by atoms with Gasteiger partial charge in [0.05, 0.1) is 11.3 Å². The molecule has 2 amide bonds. The van der Waals surface area contributed by atoms with Crippen LogP contribution in [0.2, 0.25) is 0 Å². The Morgan fingerprint density at radius 1 is 0.500 bits per heavy atom. The average molecular weight is 1350 g/mol. The number of carbonyl (C=O) groups is 1. The summed E-state index contributed by atoms with van der Waals surface area (Å²) < 4.78 is 0. The van der Waals surface area contributed by atoms with Crippen molar-refractivity contribution in [1.82, 2.24) is 24.8 Å². The molecule has 5 aromatic carbocycles. The van der Waals surface area contributed by atoms with Crippen LogP contribution in [-0.2, 0) is 12.0 Å². The van der Waals surface area contributed by atoms with Gasteiger partial charge in [0, 0.05) is 57.7 Å². The lowest BCUT2D eigenvalue weighted by Crippen LogP contribution is -2.46. The van der Waals surface area contributed by atoms with E-state index in [1.165, 1.54) is 84.8 Å². The van der Waals surface area contributed by atoms with E-state index in [0.29, 0.717) is 17.5 Å². The predicted octanol–water partition coefficient (Wildman–Crippen LogP) is 23.5. The second-order valence-electron chi connectivity index (χ2n) is 27.9. The first kappa shape index (κ1) is 80.1. The number of allylic oxidation sites excluding steroid dienone is 4. The van der Waals surface area contributed by atoms with Gasteiger partial charge in [-0.15, -0.1) is 0 Å². The lowest BCUT2D eigenvalue weighted by atomic mass is 9.79. The summed E-state index contributed by atoms with van der Waals surface area (Å²) in [5.41, 5.74) is 16.2. The summed E-state index contributed by atoms with van der Waals surface area (Å²) in [5.74, 6) is 3.79. The molecule has 2 fully saturated rings. The van der Waals surface area contributed by atoms with Crippen LogP contribution in [0.1, 0.15) is 244 Å². The minimum Gasteiger partial charge on any atom is -0.321 e. The molecule has 0 spiro atoms. The number of carbonyl (C=O) groups excluding carboxylic acids is 1. The highest BCUT2D eigenvalue weighted by atomic mass is 16.2. The number of rotatable bonds is 5. The van der Waals surface area contributed by atoms with Gasteiger partial charge in [-0.2, -0.15) is 5.26 Å². The number of urea groups is 1. The number of pyridine rings is 4. The number of amides is 2. The third kappa shape index (κ3) is 22.3. The highest BCUT2D eigenvalue weighted by Crippen LogP contribution is 2.37. The molecule has 0 radical (unpaired) electrons. The number of para-hydroxylation sites is 3. The second-order valence-corrected chi connectivity index (χ2v) is 27.9. The van der Waals surface area contributed by atoms with Crippen molar-refractivity contribution in [3.8, 4) is 17.2 Å². The van der Waals surface area contributed by atoms with E-state index in [2.05, 4.69) is 123 Å². The van der Waals surface area contributed by atoms with Crippen molar-refractivity contribution in [3.05, 3.63) is 234 Å². The number of hydrogen-bond donors (Lipinski definition) is 4. The Bertz CT molecular complexity index is 4230. The van der Waals surface area contributed by atoms with E-state index in [0.717, 1.165) is 135 Å². The third-order valence-electron chi connectivity index (χ3n) is 19.6. The number of nitrogens with zero attached hydrogens (tertiary/aromatic N) is 3. The van der Waals surface area contributed by atoms with E-state index in [1.54, 1.807) is 0 Å². The molecule has 11 heteroatoms. The van der Waals surface area contributed by atoms with Gasteiger partial charge in [0.1, 0.15) is 6.07 Å². The highest BCUT2D eigenvalue weighted by molar-refractivity contribution is 5.92. The number of fused-ring (bicyclic) bond motifs is 4. The summed E-state index contributed by atoms with van der Waals surface area (Å²) in [7, 11) is 0. The lowest BCUT2D eigenvalue weighted by molar-refractivity contribution is 0.149. The molecule has 1 aliphatic heterocycles. The third-order valence-corrected chi connectivity index (χ3v) is 19.6. The second kappa shape index (κ2) is 39.8. The molecule has 4 aromatic heterocycles. The Labute approximate surface area is 598 Å². The van der Waals surface area contributed by atoms with Gasteiger partial charge < -0.3 is 25.2 Å². The maximum absolute atomic E-state index is 12.3. The van der Waals surface area contributed by atoms with Crippen molar-refractivity contribution < 1.29 is 4.79 Å². The van der Waals surface area contributed by atoms with Gasteiger partial charge in [0.25, 0.3) is 16.7 Å². The van der Waals surface area contributed by atoms with Crippen molar-refractivity contribution >= 4 is 55.6 Å². The summed E-state index contributed by atoms with van der Waals surface area (Å²) in [6.45, 7) is 36.5. The van der Waals surface area contributed by atoms with Gasteiger partial charge in [0.15, 0.2) is 0 Å². The van der Waals surface area contributed by atoms with Crippen LogP contribution in [-0.4, -0.2) is 36.9 Å². The molecule has 2 saturated carbocycles. The molecule has 4 N–H and O–H groups in total. The number of aryl methyl sites for hydroxylation is 2. The molecule has 9 aromatic rings. The van der Waals surface area contributed by atoms with Crippen LogP contribution in [0.4, 0.5) is 10.5 Å². The molecule has 532 valence electrons. The molecule has 5 heterocycles. The summed E-state index contributed by atoms with van der Waals surface area (Å²) in [6, 6.07) is 49.0. The van der Waals surface area contributed by atoms with Gasteiger partial charge in [-0.05, 0) is 224 Å². The molecule has 14 rings (SSSR count). The lowest BCUT2D eigenvalue weighted by Gasteiger charge is -2.39. The summed E-state index contributed by atoms with van der Waals surface area (Å²) in [5, 5.41) is 15.3. The molecular weight excluding hydrogens is 1230 g/mol. The van der Waals surface area contributed by atoms with Crippen LogP contribution < -0.4 is 22.0 Å². The molecule has 100 heavy (non-hydrogen) atoms. The number of hydrogen-bond acceptors (Lipinski definition) is 6. The summed E-state index contributed by atoms with van der Waals surface area (Å²) >= 11 is 0. The molecular formula is C89H117N7O4. The maximum atomic E-state index is 12.3. The van der Waals surface area contributed by atoms with E-state index in [9.17, 15) is 19.2 Å². The standard InChI is InChI=1S/C19H19NO.C16H22N2O.2C16H17NO.C14H18N2.4C2H6/c1-19(2,3)15-10-8-13(9-11-15)16-12-14-6-4-5-7-17(14)20-18(16)21;1-11-3-6-14(7-4-11)18-10-13-9-12(2)5-8-15(13)17-16(18)19;2*1-11-6-8-12(9-7-11)14-10-13-4-2-3-5-15(13)17-16(14)18;1-10-3-5-12(6-4-10)14-7-13(8-15)11(2)16-9-14;4*1-2/h4-12H,1-3H3,(H,20,21);5,8-9,11,14H,3-4,6-7,10H2,1-2H3,(H,17,19);2*2-5,8,10-11H,6-7,9H2,1H3,(H,17,18);7,9-10,12H,3-6H2,1-2H3;4*1-2H3/t;;2*11-;;;;;/m..10...../s1. The van der Waals surface area contributed by atoms with Crippen LogP contribution in [0.25, 0.3) is 55.0 Å². The topological polar surface area (TPSA) is 168 Å². The van der Waals surface area contributed by atoms with Crippen LogP contribution >= 0.6 is 0 Å². The maximum Gasteiger partial charge on any atom is 0.322 e. The van der Waals surface area contributed by atoms with Crippen LogP contribution in [0.3, 0.4) is 0 Å². The Balaban J connectivity index is 0.000000192. The van der Waals surface area contributed by atoms with Crippen LogP contribution in [0.15, 0.2) is 172 Å².